The fraction of sp³-hybridized carbons (Fsp3) is 0.0556. The molecule has 26 heavy (non-hydrogen) atoms. The third kappa shape index (κ3) is 4.20. The highest BCUT2D eigenvalue weighted by atomic mass is 79.9. The number of nitrogens with one attached hydrogen (secondary N) is 1. The van der Waals surface area contributed by atoms with Crippen molar-refractivity contribution in [2.45, 2.75) is 9.79 Å². The largest absolute Gasteiger partial charge is 0.506 e. The maximum atomic E-state index is 12.7. The number of carbonyl (C=O) groups is 1. The number of hydrogen-bond acceptors (Lipinski definition) is 4. The van der Waals surface area contributed by atoms with Crippen LogP contribution in [0.25, 0.3) is 10.8 Å². The summed E-state index contributed by atoms with van der Waals surface area (Å²) in [6.45, 7) is 0. The first-order chi connectivity index (χ1) is 12.5. The summed E-state index contributed by atoms with van der Waals surface area (Å²) in [5, 5.41) is 20.6. The summed E-state index contributed by atoms with van der Waals surface area (Å²) >= 11 is 4.36. The summed E-state index contributed by atoms with van der Waals surface area (Å²) < 4.78 is 16.5. The normalized spacial score (nSPS) is 12.0. The molecule has 0 aromatic heterocycles. The first-order valence-electron chi connectivity index (χ1n) is 7.49. The van der Waals surface area contributed by atoms with Crippen molar-refractivity contribution in [1.82, 2.24) is 0 Å². The van der Waals surface area contributed by atoms with E-state index in [9.17, 15) is 14.1 Å². The lowest BCUT2D eigenvalue weighted by Gasteiger charge is -2.14. The lowest BCUT2D eigenvalue weighted by atomic mass is 10.1. The molecule has 0 aliphatic rings. The van der Waals surface area contributed by atoms with Gasteiger partial charge in [0.2, 0.25) is 0 Å². The molecule has 3 rings (SSSR count). The third-order valence-corrected chi connectivity index (χ3v) is 6.21. The number of hydrogen-bond donors (Lipinski definition) is 3. The molecule has 0 aliphatic carbocycles. The second kappa shape index (κ2) is 8.11. The molecule has 1 unspecified atom stereocenters. The van der Waals surface area contributed by atoms with Crippen molar-refractivity contribution in [1.29, 1.82) is 0 Å². The number of benzene rings is 3. The van der Waals surface area contributed by atoms with Crippen LogP contribution in [0.3, 0.4) is 0 Å². The standard InChI is InChI=1S/C18H14BrNO4S2/c19-11-5-7-12(8-6-11)26(24)20-15-9-16(25-10-17(21)22)18(23)14-4-2-1-3-13(14)15/h1-9,20,23H,10H2,(H,21,22). The zero-order valence-corrected chi connectivity index (χ0v) is 16.5. The van der Waals surface area contributed by atoms with Gasteiger partial charge in [-0.1, -0.05) is 40.2 Å². The molecule has 0 heterocycles. The minimum atomic E-state index is -1.50. The van der Waals surface area contributed by atoms with E-state index in [4.69, 9.17) is 5.11 Å². The van der Waals surface area contributed by atoms with Crippen LogP contribution in [0.5, 0.6) is 5.75 Å². The minimum absolute atomic E-state index is 0.0202. The predicted molar refractivity (Wildman–Crippen MR) is 108 cm³/mol. The number of aliphatic carboxylic acids is 1. The van der Waals surface area contributed by atoms with Gasteiger partial charge in [-0.15, -0.1) is 11.8 Å². The average molecular weight is 452 g/mol. The van der Waals surface area contributed by atoms with Gasteiger partial charge in [-0.2, -0.15) is 0 Å². The van der Waals surface area contributed by atoms with Gasteiger partial charge in [0.05, 0.1) is 21.2 Å². The summed E-state index contributed by atoms with van der Waals surface area (Å²) in [4.78, 5) is 11.9. The highest BCUT2D eigenvalue weighted by Crippen LogP contribution is 2.40. The molecule has 8 heteroatoms. The zero-order valence-electron chi connectivity index (χ0n) is 13.3. The van der Waals surface area contributed by atoms with Crippen molar-refractivity contribution in [2.24, 2.45) is 0 Å². The number of fused-ring (bicyclic) bond motifs is 1. The monoisotopic (exact) mass is 451 g/mol. The number of aromatic hydroxyl groups is 1. The van der Waals surface area contributed by atoms with Gasteiger partial charge in [-0.05, 0) is 30.3 Å². The smallest absolute Gasteiger partial charge is 0.313 e. The maximum Gasteiger partial charge on any atom is 0.313 e. The number of thioether (sulfide) groups is 1. The number of rotatable bonds is 6. The highest BCUT2D eigenvalue weighted by Gasteiger charge is 2.15. The molecule has 3 N–H and O–H groups in total. The van der Waals surface area contributed by atoms with Crippen LogP contribution in [0.1, 0.15) is 0 Å². The average Bonchev–Trinajstić information content (AvgIpc) is 2.63. The number of anilines is 1. The quantitative estimate of drug-likeness (QED) is 0.375. The SMILES string of the molecule is O=C(O)CSc1cc(NS(=O)c2ccc(Br)cc2)c2ccccc2c1O. The number of phenolic OH excluding ortho intramolecular Hbond substituents is 1. The van der Waals surface area contributed by atoms with Crippen molar-refractivity contribution < 1.29 is 19.2 Å². The molecule has 0 radical (unpaired) electrons. The number of carboxylic acids is 1. The van der Waals surface area contributed by atoms with Crippen LogP contribution in [-0.2, 0) is 15.8 Å². The molecular weight excluding hydrogens is 438 g/mol. The molecule has 0 aliphatic heterocycles. The van der Waals surface area contributed by atoms with Crippen LogP contribution in [0.2, 0.25) is 0 Å². The van der Waals surface area contributed by atoms with E-state index in [-0.39, 0.29) is 11.5 Å². The Kier molecular flexibility index (Phi) is 5.85. The van der Waals surface area contributed by atoms with Crippen molar-refractivity contribution in [2.75, 3.05) is 10.5 Å². The van der Waals surface area contributed by atoms with E-state index in [0.29, 0.717) is 26.3 Å². The lowest BCUT2D eigenvalue weighted by Crippen LogP contribution is -2.05. The molecule has 0 saturated carbocycles. The summed E-state index contributed by atoms with van der Waals surface area (Å²) in [5.74, 6) is -1.14. The fourth-order valence-electron chi connectivity index (χ4n) is 2.39. The summed E-state index contributed by atoms with van der Waals surface area (Å²) in [5.41, 5.74) is 0.563. The van der Waals surface area contributed by atoms with E-state index in [1.54, 1.807) is 42.5 Å². The van der Waals surface area contributed by atoms with E-state index in [0.717, 1.165) is 16.2 Å². The molecule has 0 fully saturated rings. The van der Waals surface area contributed by atoms with Gasteiger partial charge in [0.25, 0.3) is 0 Å². The van der Waals surface area contributed by atoms with Gasteiger partial charge in [0, 0.05) is 15.2 Å². The Bertz CT molecular complexity index is 992. The van der Waals surface area contributed by atoms with E-state index in [1.165, 1.54) is 0 Å². The van der Waals surface area contributed by atoms with Crippen molar-refractivity contribution in [3.05, 3.63) is 59.1 Å². The summed E-state index contributed by atoms with van der Waals surface area (Å²) in [7, 11) is -1.50. The van der Waals surface area contributed by atoms with Crippen molar-refractivity contribution in [3.63, 3.8) is 0 Å². The van der Waals surface area contributed by atoms with Gasteiger partial charge in [-0.3, -0.25) is 4.79 Å². The van der Waals surface area contributed by atoms with Crippen molar-refractivity contribution in [3.8, 4) is 5.75 Å². The lowest BCUT2D eigenvalue weighted by molar-refractivity contribution is -0.133. The molecule has 3 aromatic carbocycles. The zero-order chi connectivity index (χ0) is 18.7. The third-order valence-electron chi connectivity index (χ3n) is 3.56. The van der Waals surface area contributed by atoms with Crippen LogP contribution >= 0.6 is 27.7 Å². The maximum absolute atomic E-state index is 12.7. The van der Waals surface area contributed by atoms with Gasteiger partial charge < -0.3 is 14.9 Å². The summed E-state index contributed by atoms with van der Waals surface area (Å²) in [6, 6.07) is 15.9. The first-order valence-corrected chi connectivity index (χ1v) is 10.4. The van der Waals surface area contributed by atoms with Gasteiger partial charge >= 0.3 is 5.97 Å². The number of phenols is 1. The fourth-order valence-corrected chi connectivity index (χ4v) is 4.25. The van der Waals surface area contributed by atoms with Crippen LogP contribution in [-0.4, -0.2) is 26.1 Å². The van der Waals surface area contributed by atoms with E-state index in [2.05, 4.69) is 20.7 Å². The Morgan fingerprint density at radius 3 is 2.42 bits per heavy atom. The molecule has 0 bridgehead atoms. The van der Waals surface area contributed by atoms with Crippen LogP contribution < -0.4 is 4.72 Å². The Morgan fingerprint density at radius 2 is 1.77 bits per heavy atom. The van der Waals surface area contributed by atoms with Gasteiger partial charge in [0.15, 0.2) is 0 Å². The Morgan fingerprint density at radius 1 is 1.12 bits per heavy atom. The highest BCUT2D eigenvalue weighted by molar-refractivity contribution is 9.10. The summed E-state index contributed by atoms with van der Waals surface area (Å²) in [6.07, 6.45) is 0. The molecule has 5 nitrogen and oxygen atoms in total. The predicted octanol–water partition coefficient (Wildman–Crippen LogP) is 4.62. The molecule has 0 saturated heterocycles. The molecule has 0 spiro atoms. The number of carboxylic acid groups (broad SMARTS) is 1. The van der Waals surface area contributed by atoms with Crippen LogP contribution in [0.4, 0.5) is 5.69 Å². The molecular formula is C18H14BrNO4S2. The van der Waals surface area contributed by atoms with Crippen molar-refractivity contribution >= 4 is 61.1 Å². The Labute approximate surface area is 165 Å². The van der Waals surface area contributed by atoms with Crippen LogP contribution in [0, 0.1) is 0 Å². The second-order valence-corrected chi connectivity index (χ2v) is 8.47. The minimum Gasteiger partial charge on any atom is -0.506 e. The van der Waals surface area contributed by atoms with E-state index < -0.39 is 17.0 Å². The molecule has 3 aromatic rings. The van der Waals surface area contributed by atoms with E-state index in [1.807, 2.05) is 12.1 Å². The number of halogens is 1. The van der Waals surface area contributed by atoms with Gasteiger partial charge in [-0.25, -0.2) is 4.21 Å². The van der Waals surface area contributed by atoms with E-state index >= 15 is 0 Å². The second-order valence-electron chi connectivity index (χ2n) is 5.32. The topological polar surface area (TPSA) is 86.6 Å². The first kappa shape index (κ1) is 18.8. The molecule has 1 atom stereocenters. The van der Waals surface area contributed by atoms with Gasteiger partial charge in [0.1, 0.15) is 16.7 Å². The molecule has 134 valence electrons. The Balaban J connectivity index is 2.00. The molecule has 0 amide bonds. The van der Waals surface area contributed by atoms with Crippen LogP contribution in [0.15, 0.2) is 68.9 Å². The Hall–Kier alpha value is -2.03.